The van der Waals surface area contributed by atoms with E-state index >= 15 is 0 Å². The summed E-state index contributed by atoms with van der Waals surface area (Å²) < 4.78 is 8.47. The molecular weight excluding hydrogens is 382 g/mol. The first-order chi connectivity index (χ1) is 9.67. The molecule has 110 valence electrons. The molecule has 20 heavy (non-hydrogen) atoms. The van der Waals surface area contributed by atoms with Crippen molar-refractivity contribution < 1.29 is 4.74 Å². The third-order valence-electron chi connectivity index (χ3n) is 5.10. The second kappa shape index (κ2) is 5.98. The van der Waals surface area contributed by atoms with Gasteiger partial charge in [0.1, 0.15) is 11.9 Å². The van der Waals surface area contributed by atoms with Crippen molar-refractivity contribution in [2.24, 2.45) is 5.41 Å². The van der Waals surface area contributed by atoms with Gasteiger partial charge in [-0.15, -0.1) is 0 Å². The van der Waals surface area contributed by atoms with Gasteiger partial charge in [0.2, 0.25) is 0 Å². The van der Waals surface area contributed by atoms with Crippen LogP contribution in [0.5, 0.6) is 5.75 Å². The molecule has 2 atom stereocenters. The molecule has 0 bridgehead atoms. The molecule has 2 aliphatic rings. The number of para-hydroxylation sites is 1. The predicted octanol–water partition coefficient (Wildman–Crippen LogP) is 4.90. The summed E-state index contributed by atoms with van der Waals surface area (Å²) in [5.41, 5.74) is 0.349. The van der Waals surface area contributed by atoms with E-state index in [9.17, 15) is 0 Å². The van der Waals surface area contributed by atoms with Gasteiger partial charge >= 0.3 is 0 Å². The van der Waals surface area contributed by atoms with E-state index in [0.717, 1.165) is 21.1 Å². The van der Waals surface area contributed by atoms with E-state index in [-0.39, 0.29) is 0 Å². The van der Waals surface area contributed by atoms with Crippen molar-refractivity contribution in [3.8, 4) is 5.75 Å². The Morgan fingerprint density at radius 1 is 1.15 bits per heavy atom. The van der Waals surface area contributed by atoms with Crippen molar-refractivity contribution in [3.63, 3.8) is 0 Å². The van der Waals surface area contributed by atoms with Crippen LogP contribution in [0.4, 0.5) is 0 Å². The van der Waals surface area contributed by atoms with Gasteiger partial charge in [-0.05, 0) is 63.9 Å². The monoisotopic (exact) mass is 401 g/mol. The normalized spacial score (nSPS) is 28.1. The van der Waals surface area contributed by atoms with E-state index in [1.165, 1.54) is 32.1 Å². The maximum atomic E-state index is 6.40. The average molecular weight is 403 g/mol. The lowest BCUT2D eigenvalue weighted by Gasteiger charge is -2.57. The molecule has 0 saturated heterocycles. The fraction of sp³-hybridized carbons (Fsp3) is 0.625. The van der Waals surface area contributed by atoms with Crippen molar-refractivity contribution in [1.82, 2.24) is 5.32 Å². The van der Waals surface area contributed by atoms with Crippen LogP contribution in [0.2, 0.25) is 0 Å². The largest absolute Gasteiger partial charge is 0.487 e. The summed E-state index contributed by atoms with van der Waals surface area (Å²) in [6.07, 6.45) is 8.12. The van der Waals surface area contributed by atoms with Crippen LogP contribution in [0.25, 0.3) is 0 Å². The van der Waals surface area contributed by atoms with Crippen LogP contribution in [0.1, 0.15) is 38.5 Å². The molecule has 0 heterocycles. The van der Waals surface area contributed by atoms with Crippen LogP contribution in [-0.2, 0) is 0 Å². The smallest absolute Gasteiger partial charge is 0.148 e. The zero-order valence-corrected chi connectivity index (χ0v) is 15.0. The summed E-state index contributed by atoms with van der Waals surface area (Å²) in [6, 6.07) is 6.73. The summed E-state index contributed by atoms with van der Waals surface area (Å²) in [5.74, 6) is 0.956. The molecule has 2 unspecified atom stereocenters. The van der Waals surface area contributed by atoms with Gasteiger partial charge < -0.3 is 10.1 Å². The Morgan fingerprint density at radius 3 is 2.40 bits per heavy atom. The number of halogens is 2. The molecule has 1 N–H and O–H groups in total. The fourth-order valence-electron chi connectivity index (χ4n) is 3.94. The second-order valence-electron chi connectivity index (χ2n) is 6.03. The highest BCUT2D eigenvalue weighted by atomic mass is 79.9. The minimum absolute atomic E-state index is 0.343. The molecule has 1 aromatic carbocycles. The lowest BCUT2D eigenvalue weighted by atomic mass is 9.55. The van der Waals surface area contributed by atoms with Gasteiger partial charge in [0.25, 0.3) is 0 Å². The molecule has 4 heteroatoms. The summed E-state index contributed by atoms with van der Waals surface area (Å²) in [4.78, 5) is 0. The minimum Gasteiger partial charge on any atom is -0.487 e. The fourth-order valence-corrected chi connectivity index (χ4v) is 5.12. The maximum Gasteiger partial charge on any atom is 0.148 e. The topological polar surface area (TPSA) is 21.3 Å². The quantitative estimate of drug-likeness (QED) is 0.776. The number of hydrogen-bond acceptors (Lipinski definition) is 2. The number of hydrogen-bond donors (Lipinski definition) is 1. The second-order valence-corrected chi connectivity index (χ2v) is 7.74. The SMILES string of the molecule is CNC1CC(Oc2c(Br)cccc2Br)C12CCCCC2. The third-order valence-corrected chi connectivity index (χ3v) is 6.35. The Bertz CT molecular complexity index is 465. The highest BCUT2D eigenvalue weighted by Gasteiger charge is 2.56. The van der Waals surface area contributed by atoms with E-state index in [0.29, 0.717) is 17.6 Å². The molecule has 1 spiro atoms. The molecule has 0 amide bonds. The Hall–Kier alpha value is -0.0600. The Morgan fingerprint density at radius 2 is 1.80 bits per heavy atom. The number of ether oxygens (including phenoxy) is 1. The van der Waals surface area contributed by atoms with Gasteiger partial charge in [-0.25, -0.2) is 0 Å². The highest BCUT2D eigenvalue weighted by molar-refractivity contribution is 9.11. The van der Waals surface area contributed by atoms with Crippen molar-refractivity contribution in [2.45, 2.75) is 50.7 Å². The van der Waals surface area contributed by atoms with Gasteiger partial charge in [-0.2, -0.15) is 0 Å². The van der Waals surface area contributed by atoms with E-state index in [2.05, 4.69) is 44.2 Å². The molecule has 2 aliphatic carbocycles. The summed E-state index contributed by atoms with van der Waals surface area (Å²) in [5, 5.41) is 3.50. The molecular formula is C16H21Br2NO. The van der Waals surface area contributed by atoms with Gasteiger partial charge in [0, 0.05) is 17.9 Å². The summed E-state index contributed by atoms with van der Waals surface area (Å²) in [7, 11) is 2.09. The molecule has 3 rings (SSSR count). The van der Waals surface area contributed by atoms with Crippen molar-refractivity contribution in [3.05, 3.63) is 27.1 Å². The first-order valence-corrected chi connectivity index (χ1v) is 9.04. The van der Waals surface area contributed by atoms with Gasteiger partial charge in [-0.3, -0.25) is 0 Å². The number of nitrogens with one attached hydrogen (secondary N) is 1. The minimum atomic E-state index is 0.343. The molecule has 0 aliphatic heterocycles. The van der Waals surface area contributed by atoms with E-state index in [1.807, 2.05) is 18.2 Å². The van der Waals surface area contributed by atoms with Crippen LogP contribution in [0.3, 0.4) is 0 Å². The third kappa shape index (κ3) is 2.44. The standard InChI is InChI=1S/C16H21Br2NO/c1-19-13-10-14(16(13)8-3-2-4-9-16)20-15-11(17)6-5-7-12(15)18/h5-7,13-14,19H,2-4,8-10H2,1H3. The average Bonchev–Trinajstić information content (AvgIpc) is 2.46. The number of benzene rings is 1. The number of rotatable bonds is 3. The molecule has 2 fully saturated rings. The molecule has 0 radical (unpaired) electrons. The summed E-state index contributed by atoms with van der Waals surface area (Å²) >= 11 is 7.21. The Labute approximate surface area is 137 Å². The van der Waals surface area contributed by atoms with E-state index < -0.39 is 0 Å². The molecule has 2 nitrogen and oxygen atoms in total. The van der Waals surface area contributed by atoms with Gasteiger partial charge in [0.05, 0.1) is 8.95 Å². The van der Waals surface area contributed by atoms with Crippen LogP contribution in [-0.4, -0.2) is 19.2 Å². The predicted molar refractivity (Wildman–Crippen MR) is 89.2 cm³/mol. The van der Waals surface area contributed by atoms with Crippen LogP contribution in [0.15, 0.2) is 27.1 Å². The maximum absolute atomic E-state index is 6.40. The zero-order chi connectivity index (χ0) is 14.2. The van der Waals surface area contributed by atoms with Crippen molar-refractivity contribution in [1.29, 1.82) is 0 Å². The molecule has 1 aromatic rings. The van der Waals surface area contributed by atoms with E-state index in [4.69, 9.17) is 4.74 Å². The summed E-state index contributed by atoms with van der Waals surface area (Å²) in [6.45, 7) is 0. The van der Waals surface area contributed by atoms with Crippen LogP contribution in [0, 0.1) is 5.41 Å². The van der Waals surface area contributed by atoms with Crippen molar-refractivity contribution >= 4 is 31.9 Å². The van der Waals surface area contributed by atoms with Gasteiger partial charge in [-0.1, -0.05) is 25.3 Å². The van der Waals surface area contributed by atoms with Gasteiger partial charge in [0.15, 0.2) is 0 Å². The first-order valence-electron chi connectivity index (χ1n) is 7.45. The zero-order valence-electron chi connectivity index (χ0n) is 11.8. The van der Waals surface area contributed by atoms with Crippen LogP contribution < -0.4 is 10.1 Å². The first kappa shape index (κ1) is 14.9. The lowest BCUT2D eigenvalue weighted by Crippen LogP contribution is -2.64. The van der Waals surface area contributed by atoms with Crippen molar-refractivity contribution in [2.75, 3.05) is 7.05 Å². The van der Waals surface area contributed by atoms with E-state index in [1.54, 1.807) is 0 Å². The van der Waals surface area contributed by atoms with Crippen LogP contribution >= 0.6 is 31.9 Å². The Kier molecular flexibility index (Phi) is 4.44. The highest BCUT2D eigenvalue weighted by Crippen LogP contribution is 2.54. The Balaban J connectivity index is 1.80. The lowest BCUT2D eigenvalue weighted by molar-refractivity contribution is -0.101. The molecule has 0 aromatic heterocycles. The molecule has 2 saturated carbocycles.